The number of hydrogen-bond donors (Lipinski definition) is 1. The van der Waals surface area contributed by atoms with Gasteiger partial charge in [0.05, 0.1) is 14.2 Å². The number of nitrogens with zero attached hydrogens (tertiary/aromatic N) is 2. The van der Waals surface area contributed by atoms with E-state index < -0.39 is 0 Å². The Morgan fingerprint density at radius 3 is 2.54 bits per heavy atom. The summed E-state index contributed by atoms with van der Waals surface area (Å²) in [6, 6.07) is 14.9. The normalized spacial score (nSPS) is 18.2. The number of methoxy groups -OCH3 is 2. The van der Waals surface area contributed by atoms with Crippen LogP contribution >= 0.6 is 0 Å². The van der Waals surface area contributed by atoms with E-state index in [-0.39, 0.29) is 6.61 Å². The molecule has 1 aliphatic heterocycles. The maximum atomic E-state index is 9.59. The average Bonchev–Trinajstić information content (AvgIpc) is 2.72. The van der Waals surface area contributed by atoms with E-state index >= 15 is 0 Å². The molecule has 0 aromatic heterocycles. The van der Waals surface area contributed by atoms with Crippen LogP contribution in [-0.4, -0.2) is 61.4 Å². The highest BCUT2D eigenvalue weighted by Crippen LogP contribution is 2.27. The van der Waals surface area contributed by atoms with E-state index in [2.05, 4.69) is 47.1 Å². The summed E-state index contributed by atoms with van der Waals surface area (Å²) in [7, 11) is 3.37. The van der Waals surface area contributed by atoms with E-state index in [1.165, 1.54) is 16.7 Å². The molecule has 0 aliphatic carbocycles. The van der Waals surface area contributed by atoms with Crippen LogP contribution in [0.2, 0.25) is 0 Å². The average molecular weight is 385 g/mol. The fraction of sp³-hybridized carbons (Fsp3) is 0.478. The number of aryl methyl sites for hydroxylation is 1. The van der Waals surface area contributed by atoms with E-state index in [1.54, 1.807) is 14.2 Å². The molecule has 2 aromatic rings. The molecule has 1 N–H and O–H groups in total. The second-order valence-electron chi connectivity index (χ2n) is 7.48. The molecular formula is C23H32N2O3. The first kappa shape index (κ1) is 20.6. The third-order valence-electron chi connectivity index (χ3n) is 5.67. The van der Waals surface area contributed by atoms with Gasteiger partial charge in [0.2, 0.25) is 0 Å². The van der Waals surface area contributed by atoms with Gasteiger partial charge in [0, 0.05) is 57.0 Å². The highest BCUT2D eigenvalue weighted by Gasteiger charge is 2.27. The van der Waals surface area contributed by atoms with Gasteiger partial charge in [-0.05, 0) is 30.5 Å². The lowest BCUT2D eigenvalue weighted by molar-refractivity contribution is 0.0495. The summed E-state index contributed by atoms with van der Waals surface area (Å²) in [5.41, 5.74) is 3.87. The summed E-state index contributed by atoms with van der Waals surface area (Å²) in [4.78, 5) is 4.97. The minimum Gasteiger partial charge on any atom is -0.497 e. The van der Waals surface area contributed by atoms with Gasteiger partial charge >= 0.3 is 0 Å². The molecule has 0 radical (unpaired) electrons. The van der Waals surface area contributed by atoms with Crippen LogP contribution in [0, 0.1) is 6.92 Å². The van der Waals surface area contributed by atoms with Crippen LogP contribution in [0.15, 0.2) is 42.5 Å². The predicted octanol–water partition coefficient (Wildman–Crippen LogP) is 3.08. The summed E-state index contributed by atoms with van der Waals surface area (Å²) in [5, 5.41) is 9.59. The molecule has 0 amide bonds. The fourth-order valence-electron chi connectivity index (χ4n) is 3.96. The summed E-state index contributed by atoms with van der Waals surface area (Å²) < 4.78 is 10.9. The number of benzene rings is 2. The molecule has 152 valence electrons. The Hall–Kier alpha value is -2.08. The second kappa shape index (κ2) is 9.92. The van der Waals surface area contributed by atoms with E-state index in [0.717, 1.165) is 50.6 Å². The van der Waals surface area contributed by atoms with Crippen LogP contribution in [0.1, 0.15) is 23.1 Å². The monoisotopic (exact) mass is 384 g/mol. The molecule has 0 saturated carbocycles. The Morgan fingerprint density at radius 2 is 1.82 bits per heavy atom. The molecule has 5 heteroatoms. The third kappa shape index (κ3) is 5.04. The van der Waals surface area contributed by atoms with Gasteiger partial charge in [0.1, 0.15) is 11.5 Å². The van der Waals surface area contributed by atoms with Crippen LogP contribution in [-0.2, 0) is 13.1 Å². The van der Waals surface area contributed by atoms with E-state index in [0.29, 0.717) is 6.04 Å². The van der Waals surface area contributed by atoms with Crippen molar-refractivity contribution in [1.82, 2.24) is 9.80 Å². The molecule has 1 fully saturated rings. The van der Waals surface area contributed by atoms with Gasteiger partial charge in [-0.15, -0.1) is 0 Å². The maximum absolute atomic E-state index is 9.59. The number of ether oxygens (including phenoxy) is 2. The Bertz CT molecular complexity index is 765. The Balaban J connectivity index is 1.68. The van der Waals surface area contributed by atoms with Crippen molar-refractivity contribution >= 4 is 0 Å². The van der Waals surface area contributed by atoms with Gasteiger partial charge in [-0.3, -0.25) is 9.80 Å². The molecule has 1 saturated heterocycles. The Kier molecular flexibility index (Phi) is 7.31. The molecule has 5 nitrogen and oxygen atoms in total. The van der Waals surface area contributed by atoms with Crippen LogP contribution in [0.25, 0.3) is 0 Å². The van der Waals surface area contributed by atoms with Crippen molar-refractivity contribution in [3.8, 4) is 11.5 Å². The predicted molar refractivity (Wildman–Crippen MR) is 112 cm³/mol. The number of aliphatic hydroxyl groups excluding tert-OH is 1. The van der Waals surface area contributed by atoms with E-state index in [9.17, 15) is 5.11 Å². The first-order valence-corrected chi connectivity index (χ1v) is 9.97. The summed E-state index contributed by atoms with van der Waals surface area (Å²) in [6.07, 6.45) is 0.794. The zero-order valence-electron chi connectivity index (χ0n) is 17.2. The minimum atomic E-state index is 0.217. The molecule has 1 heterocycles. The SMILES string of the molecule is COc1ccc(CN2CCN(Cc3ccccc3C)[C@@H](CCO)C2)c(OC)c1. The van der Waals surface area contributed by atoms with Crippen molar-refractivity contribution in [2.45, 2.75) is 32.5 Å². The van der Waals surface area contributed by atoms with Gasteiger partial charge in [0.25, 0.3) is 0 Å². The smallest absolute Gasteiger partial charge is 0.127 e. The zero-order chi connectivity index (χ0) is 19.9. The molecule has 28 heavy (non-hydrogen) atoms. The van der Waals surface area contributed by atoms with Crippen molar-refractivity contribution in [2.75, 3.05) is 40.5 Å². The first-order valence-electron chi connectivity index (χ1n) is 9.97. The topological polar surface area (TPSA) is 45.2 Å². The number of aliphatic hydroxyl groups is 1. The fourth-order valence-corrected chi connectivity index (χ4v) is 3.96. The van der Waals surface area contributed by atoms with E-state index in [1.807, 2.05) is 12.1 Å². The van der Waals surface area contributed by atoms with Crippen molar-refractivity contribution < 1.29 is 14.6 Å². The highest BCUT2D eigenvalue weighted by molar-refractivity contribution is 5.40. The lowest BCUT2D eigenvalue weighted by Gasteiger charge is -2.41. The summed E-state index contributed by atoms with van der Waals surface area (Å²) >= 11 is 0. The Morgan fingerprint density at radius 1 is 1.00 bits per heavy atom. The van der Waals surface area contributed by atoms with Crippen molar-refractivity contribution in [3.05, 3.63) is 59.2 Å². The second-order valence-corrected chi connectivity index (χ2v) is 7.48. The summed E-state index contributed by atoms with van der Waals surface area (Å²) in [5.74, 6) is 1.67. The standard InChI is InChI=1S/C23H32N2O3/c1-18-6-4-5-7-19(18)16-25-12-11-24(17-21(25)10-13-26)15-20-8-9-22(27-2)14-23(20)28-3/h4-9,14,21,26H,10-13,15-17H2,1-3H3/t21-/m0/s1. The van der Waals surface area contributed by atoms with Gasteiger partial charge < -0.3 is 14.6 Å². The van der Waals surface area contributed by atoms with Crippen LogP contribution in [0.4, 0.5) is 0 Å². The molecule has 0 spiro atoms. The highest BCUT2D eigenvalue weighted by atomic mass is 16.5. The molecule has 2 aromatic carbocycles. The van der Waals surface area contributed by atoms with Gasteiger partial charge in [-0.2, -0.15) is 0 Å². The number of rotatable bonds is 8. The zero-order valence-corrected chi connectivity index (χ0v) is 17.2. The lowest BCUT2D eigenvalue weighted by Crippen LogP contribution is -2.52. The molecule has 3 rings (SSSR count). The van der Waals surface area contributed by atoms with Crippen molar-refractivity contribution in [3.63, 3.8) is 0 Å². The van der Waals surface area contributed by atoms with E-state index in [4.69, 9.17) is 9.47 Å². The number of piperazine rings is 1. The Labute approximate surface area is 168 Å². The van der Waals surface area contributed by atoms with Gasteiger partial charge in [0.15, 0.2) is 0 Å². The van der Waals surface area contributed by atoms with Gasteiger partial charge in [-0.25, -0.2) is 0 Å². The lowest BCUT2D eigenvalue weighted by atomic mass is 10.0. The van der Waals surface area contributed by atoms with Crippen molar-refractivity contribution in [2.24, 2.45) is 0 Å². The molecule has 0 bridgehead atoms. The largest absolute Gasteiger partial charge is 0.497 e. The minimum absolute atomic E-state index is 0.217. The van der Waals surface area contributed by atoms with Crippen molar-refractivity contribution in [1.29, 1.82) is 0 Å². The first-order chi connectivity index (χ1) is 13.6. The molecule has 1 aliphatic rings. The summed E-state index contributed by atoms with van der Waals surface area (Å²) in [6.45, 7) is 7.11. The molecule has 0 unspecified atom stereocenters. The van der Waals surface area contributed by atoms with Gasteiger partial charge in [-0.1, -0.05) is 30.3 Å². The maximum Gasteiger partial charge on any atom is 0.127 e. The number of hydrogen-bond acceptors (Lipinski definition) is 5. The quantitative estimate of drug-likeness (QED) is 0.758. The van der Waals surface area contributed by atoms with Crippen LogP contribution in [0.3, 0.4) is 0 Å². The molecular weight excluding hydrogens is 352 g/mol. The third-order valence-corrected chi connectivity index (χ3v) is 5.67. The van der Waals surface area contributed by atoms with Crippen LogP contribution in [0.5, 0.6) is 11.5 Å². The molecule has 1 atom stereocenters. The van der Waals surface area contributed by atoms with Crippen LogP contribution < -0.4 is 9.47 Å².